The summed E-state index contributed by atoms with van der Waals surface area (Å²) in [5.74, 6) is 0.219. The zero-order chi connectivity index (χ0) is 15.5. The number of aromatic amines is 1. The minimum Gasteiger partial charge on any atom is -0.393 e. The van der Waals surface area contributed by atoms with Gasteiger partial charge in [-0.25, -0.2) is 0 Å². The zero-order valence-corrected chi connectivity index (χ0v) is 13.1. The van der Waals surface area contributed by atoms with Crippen LogP contribution in [-0.2, 0) is 11.2 Å². The summed E-state index contributed by atoms with van der Waals surface area (Å²) in [6.45, 7) is 2.75. The van der Waals surface area contributed by atoms with Crippen LogP contribution in [0, 0.1) is 12.8 Å². The average molecular weight is 300 g/mol. The lowest BCUT2D eigenvalue weighted by Gasteiger charge is -2.24. The van der Waals surface area contributed by atoms with E-state index in [9.17, 15) is 9.90 Å². The van der Waals surface area contributed by atoms with Gasteiger partial charge in [-0.1, -0.05) is 18.2 Å². The SMILES string of the molecule is Cc1[nH]c2ccccc2c1CCNC(=O)C1CCC(O)CC1. The van der Waals surface area contributed by atoms with E-state index in [1.807, 2.05) is 12.1 Å². The maximum absolute atomic E-state index is 12.2. The Hall–Kier alpha value is -1.81. The molecule has 0 unspecified atom stereocenters. The standard InChI is InChI=1S/C18H24N2O2/c1-12-15(16-4-2-3-5-17(16)20-12)10-11-19-18(22)13-6-8-14(21)9-7-13/h2-5,13-14,20-21H,6-11H2,1H3,(H,19,22). The van der Waals surface area contributed by atoms with Crippen molar-refractivity contribution < 1.29 is 9.90 Å². The lowest BCUT2D eigenvalue weighted by molar-refractivity contribution is -0.126. The first-order valence-electron chi connectivity index (χ1n) is 8.17. The van der Waals surface area contributed by atoms with Gasteiger partial charge >= 0.3 is 0 Å². The molecule has 1 aromatic carbocycles. The van der Waals surface area contributed by atoms with Crippen LogP contribution in [-0.4, -0.2) is 28.6 Å². The first-order chi connectivity index (χ1) is 10.6. The normalized spacial score (nSPS) is 21.9. The Morgan fingerprint density at radius 3 is 2.77 bits per heavy atom. The highest BCUT2D eigenvalue weighted by molar-refractivity contribution is 5.84. The van der Waals surface area contributed by atoms with Crippen molar-refractivity contribution in [3.05, 3.63) is 35.5 Å². The van der Waals surface area contributed by atoms with Gasteiger partial charge in [0.05, 0.1) is 6.10 Å². The van der Waals surface area contributed by atoms with Gasteiger partial charge in [0.15, 0.2) is 0 Å². The van der Waals surface area contributed by atoms with Crippen molar-refractivity contribution >= 4 is 16.8 Å². The largest absolute Gasteiger partial charge is 0.393 e. The molecule has 1 aromatic heterocycles. The van der Waals surface area contributed by atoms with Crippen LogP contribution < -0.4 is 5.32 Å². The van der Waals surface area contributed by atoms with E-state index in [-0.39, 0.29) is 17.9 Å². The molecule has 22 heavy (non-hydrogen) atoms. The number of para-hydroxylation sites is 1. The van der Waals surface area contributed by atoms with Crippen LogP contribution >= 0.6 is 0 Å². The summed E-state index contributed by atoms with van der Waals surface area (Å²) in [6.07, 6.45) is 3.74. The van der Waals surface area contributed by atoms with Crippen molar-refractivity contribution in [2.45, 2.75) is 45.1 Å². The Labute approximate surface area is 130 Å². The van der Waals surface area contributed by atoms with E-state index in [4.69, 9.17) is 0 Å². The maximum atomic E-state index is 12.2. The lowest BCUT2D eigenvalue weighted by Crippen LogP contribution is -2.35. The topological polar surface area (TPSA) is 65.1 Å². The number of aliphatic hydroxyl groups is 1. The summed E-state index contributed by atoms with van der Waals surface area (Å²) in [7, 11) is 0. The summed E-state index contributed by atoms with van der Waals surface area (Å²) < 4.78 is 0. The summed E-state index contributed by atoms with van der Waals surface area (Å²) >= 11 is 0. The summed E-state index contributed by atoms with van der Waals surface area (Å²) in [5, 5.41) is 13.8. The molecular weight excluding hydrogens is 276 g/mol. The van der Waals surface area contributed by atoms with Gasteiger partial charge in [-0.05, 0) is 50.7 Å². The van der Waals surface area contributed by atoms with Crippen LogP contribution in [0.3, 0.4) is 0 Å². The molecule has 1 fully saturated rings. The number of nitrogens with one attached hydrogen (secondary N) is 2. The van der Waals surface area contributed by atoms with Gasteiger partial charge in [0, 0.05) is 29.1 Å². The summed E-state index contributed by atoms with van der Waals surface area (Å²) in [4.78, 5) is 15.6. The lowest BCUT2D eigenvalue weighted by atomic mass is 9.87. The number of aliphatic hydroxyl groups excluding tert-OH is 1. The fourth-order valence-electron chi connectivity index (χ4n) is 3.45. The third-order valence-electron chi connectivity index (χ3n) is 4.77. The smallest absolute Gasteiger partial charge is 0.223 e. The highest BCUT2D eigenvalue weighted by atomic mass is 16.3. The number of hydrogen-bond donors (Lipinski definition) is 3. The quantitative estimate of drug-likeness (QED) is 0.813. The number of aryl methyl sites for hydroxylation is 1. The molecule has 0 radical (unpaired) electrons. The molecule has 3 N–H and O–H groups in total. The predicted molar refractivity (Wildman–Crippen MR) is 87.7 cm³/mol. The Morgan fingerprint density at radius 2 is 2.00 bits per heavy atom. The molecule has 0 spiro atoms. The van der Waals surface area contributed by atoms with E-state index in [0.29, 0.717) is 6.54 Å². The van der Waals surface area contributed by atoms with E-state index in [1.54, 1.807) is 0 Å². The summed E-state index contributed by atoms with van der Waals surface area (Å²) in [6, 6.07) is 8.28. The molecule has 3 rings (SSSR count). The molecule has 118 valence electrons. The molecule has 1 saturated carbocycles. The average Bonchev–Trinajstić information content (AvgIpc) is 2.84. The second-order valence-electron chi connectivity index (χ2n) is 6.32. The number of rotatable bonds is 4. The van der Waals surface area contributed by atoms with Crippen LogP contribution in [0.2, 0.25) is 0 Å². The zero-order valence-electron chi connectivity index (χ0n) is 13.1. The van der Waals surface area contributed by atoms with Gasteiger partial charge in [0.1, 0.15) is 0 Å². The monoisotopic (exact) mass is 300 g/mol. The van der Waals surface area contributed by atoms with Gasteiger partial charge in [-0.2, -0.15) is 0 Å². The van der Waals surface area contributed by atoms with Gasteiger partial charge in [-0.3, -0.25) is 4.79 Å². The van der Waals surface area contributed by atoms with E-state index in [0.717, 1.165) is 37.6 Å². The first-order valence-corrected chi connectivity index (χ1v) is 8.17. The molecule has 0 atom stereocenters. The van der Waals surface area contributed by atoms with Gasteiger partial charge in [0.2, 0.25) is 5.91 Å². The van der Waals surface area contributed by atoms with Gasteiger partial charge in [0.25, 0.3) is 0 Å². The Bertz CT molecular complexity index is 654. The number of amides is 1. The fourth-order valence-corrected chi connectivity index (χ4v) is 3.45. The van der Waals surface area contributed by atoms with Crippen LogP contribution in [0.4, 0.5) is 0 Å². The molecule has 1 aliphatic carbocycles. The van der Waals surface area contributed by atoms with Crippen molar-refractivity contribution in [2.24, 2.45) is 5.92 Å². The number of fused-ring (bicyclic) bond motifs is 1. The molecule has 1 heterocycles. The maximum Gasteiger partial charge on any atom is 0.223 e. The minimum atomic E-state index is -0.210. The molecule has 0 bridgehead atoms. The van der Waals surface area contributed by atoms with Crippen molar-refractivity contribution in [3.8, 4) is 0 Å². The molecule has 4 nitrogen and oxygen atoms in total. The second-order valence-corrected chi connectivity index (χ2v) is 6.32. The first kappa shape index (κ1) is 15.1. The second kappa shape index (κ2) is 6.53. The van der Waals surface area contributed by atoms with Crippen LogP contribution in [0.5, 0.6) is 0 Å². The molecular formula is C18H24N2O2. The highest BCUT2D eigenvalue weighted by Gasteiger charge is 2.24. The molecule has 0 saturated heterocycles. The minimum absolute atomic E-state index is 0.0764. The number of H-pyrrole nitrogens is 1. The number of carbonyl (C=O) groups is 1. The third-order valence-corrected chi connectivity index (χ3v) is 4.77. The third kappa shape index (κ3) is 3.17. The van der Waals surface area contributed by atoms with Crippen LogP contribution in [0.15, 0.2) is 24.3 Å². The molecule has 1 aliphatic rings. The number of benzene rings is 1. The Balaban J connectivity index is 1.56. The highest BCUT2D eigenvalue weighted by Crippen LogP contribution is 2.25. The van der Waals surface area contributed by atoms with E-state index >= 15 is 0 Å². The number of aromatic nitrogens is 1. The van der Waals surface area contributed by atoms with Crippen molar-refractivity contribution in [3.63, 3.8) is 0 Å². The molecule has 1 amide bonds. The molecule has 0 aliphatic heterocycles. The number of carbonyl (C=O) groups excluding carboxylic acids is 1. The summed E-state index contributed by atoms with van der Waals surface area (Å²) in [5.41, 5.74) is 3.62. The van der Waals surface area contributed by atoms with E-state index in [2.05, 4.69) is 29.4 Å². The van der Waals surface area contributed by atoms with Crippen molar-refractivity contribution in [1.82, 2.24) is 10.3 Å². The van der Waals surface area contributed by atoms with Gasteiger partial charge in [-0.15, -0.1) is 0 Å². The van der Waals surface area contributed by atoms with E-state index in [1.165, 1.54) is 16.6 Å². The Kier molecular flexibility index (Phi) is 4.48. The number of hydrogen-bond acceptors (Lipinski definition) is 2. The van der Waals surface area contributed by atoms with E-state index < -0.39 is 0 Å². The molecule has 2 aromatic rings. The van der Waals surface area contributed by atoms with Crippen LogP contribution in [0.25, 0.3) is 10.9 Å². The predicted octanol–water partition coefficient (Wildman–Crippen LogP) is 2.69. The van der Waals surface area contributed by atoms with Crippen molar-refractivity contribution in [1.29, 1.82) is 0 Å². The fraction of sp³-hybridized carbons (Fsp3) is 0.500. The van der Waals surface area contributed by atoms with Crippen molar-refractivity contribution in [2.75, 3.05) is 6.54 Å². The Morgan fingerprint density at radius 1 is 1.27 bits per heavy atom. The van der Waals surface area contributed by atoms with Gasteiger partial charge < -0.3 is 15.4 Å². The van der Waals surface area contributed by atoms with Crippen LogP contribution in [0.1, 0.15) is 36.9 Å². The molecule has 4 heteroatoms.